The molecule has 3 fully saturated rings. The van der Waals surface area contributed by atoms with E-state index in [9.17, 15) is 9.18 Å². The third kappa shape index (κ3) is 4.81. The number of hydrogen-bond donors (Lipinski definition) is 0. The molecule has 0 spiro atoms. The molecule has 1 saturated heterocycles. The molecule has 0 N–H and O–H groups in total. The number of aryl methyl sites for hydroxylation is 1. The van der Waals surface area contributed by atoms with E-state index in [-0.39, 0.29) is 11.4 Å². The molecule has 0 unspecified atom stereocenters. The zero-order valence-electron chi connectivity index (χ0n) is 21.0. The van der Waals surface area contributed by atoms with Gasteiger partial charge in [0.1, 0.15) is 5.82 Å². The predicted molar refractivity (Wildman–Crippen MR) is 140 cm³/mol. The van der Waals surface area contributed by atoms with Gasteiger partial charge in [-0.05, 0) is 116 Å². The van der Waals surface area contributed by atoms with Gasteiger partial charge >= 0.3 is 0 Å². The molecule has 3 aliphatic rings. The minimum Gasteiger partial charge on any atom is -0.314 e. The Morgan fingerprint density at radius 1 is 0.943 bits per heavy atom. The Bertz CT molecular complexity index is 1320. The first-order valence-corrected chi connectivity index (χ1v) is 13.4. The molecule has 0 radical (unpaired) electrons. The van der Waals surface area contributed by atoms with Gasteiger partial charge in [0.25, 0.3) is 5.56 Å². The number of rotatable bonds is 6. The largest absolute Gasteiger partial charge is 0.314 e. The molecule has 2 aliphatic carbocycles. The van der Waals surface area contributed by atoms with E-state index in [2.05, 4.69) is 28.1 Å². The van der Waals surface area contributed by atoms with E-state index in [1.165, 1.54) is 44.2 Å². The van der Waals surface area contributed by atoms with Crippen molar-refractivity contribution in [2.75, 3.05) is 26.2 Å². The predicted octanol–water partition coefficient (Wildman–Crippen LogP) is 5.50. The van der Waals surface area contributed by atoms with E-state index in [0.29, 0.717) is 11.5 Å². The summed E-state index contributed by atoms with van der Waals surface area (Å²) in [4.78, 5) is 18.7. The maximum atomic E-state index is 14.5. The first-order valence-electron chi connectivity index (χ1n) is 13.4. The number of pyridine rings is 1. The summed E-state index contributed by atoms with van der Waals surface area (Å²) in [7, 11) is 0. The molecule has 2 saturated carbocycles. The van der Waals surface area contributed by atoms with Gasteiger partial charge in [0.2, 0.25) is 0 Å². The SMILES string of the molecule is Cc1cc(F)c(C)c(-c2ccc3c(=O)n(CC4CC4)cc(CN4CCCN(C5CC5)CC4)c3c2)c1. The summed E-state index contributed by atoms with van der Waals surface area (Å²) >= 11 is 0. The van der Waals surface area contributed by atoms with Crippen LogP contribution in [-0.2, 0) is 13.1 Å². The first-order chi connectivity index (χ1) is 17.0. The van der Waals surface area contributed by atoms with E-state index >= 15 is 0 Å². The number of aromatic nitrogens is 1. The van der Waals surface area contributed by atoms with Crippen molar-refractivity contribution in [2.45, 2.75) is 65.1 Å². The molecule has 1 aliphatic heterocycles. The fourth-order valence-corrected chi connectivity index (χ4v) is 5.78. The maximum Gasteiger partial charge on any atom is 0.258 e. The summed E-state index contributed by atoms with van der Waals surface area (Å²) in [6, 6.07) is 10.5. The lowest BCUT2D eigenvalue weighted by Gasteiger charge is -2.23. The van der Waals surface area contributed by atoms with Crippen molar-refractivity contribution in [1.29, 1.82) is 0 Å². The molecule has 0 bridgehead atoms. The van der Waals surface area contributed by atoms with Crippen molar-refractivity contribution in [1.82, 2.24) is 14.4 Å². The molecule has 5 heteroatoms. The summed E-state index contributed by atoms with van der Waals surface area (Å²) in [5.74, 6) is 0.463. The number of fused-ring (bicyclic) bond motifs is 1. The van der Waals surface area contributed by atoms with Crippen LogP contribution in [0, 0.1) is 25.6 Å². The summed E-state index contributed by atoms with van der Waals surface area (Å²) in [6.07, 6.45) is 8.49. The standard InChI is InChI=1S/C30H36FN3O/c1-20-14-27(21(2)29(31)15-20)23-6-9-26-28(16-23)24(19-34(30(26)35)17-22-4-5-22)18-32-10-3-11-33(13-12-32)25-7-8-25/h6,9,14-16,19,22,25H,3-5,7-8,10-13,17-18H2,1-2H3. The molecule has 3 aromatic rings. The van der Waals surface area contributed by atoms with Crippen LogP contribution in [0.15, 0.2) is 41.3 Å². The maximum absolute atomic E-state index is 14.5. The molecule has 1 aromatic heterocycles. The van der Waals surface area contributed by atoms with E-state index in [0.717, 1.165) is 66.2 Å². The highest BCUT2D eigenvalue weighted by atomic mass is 19.1. The molecule has 0 amide bonds. The van der Waals surface area contributed by atoms with Crippen LogP contribution in [0.2, 0.25) is 0 Å². The van der Waals surface area contributed by atoms with Crippen LogP contribution in [0.5, 0.6) is 0 Å². The Kier molecular flexibility index (Phi) is 6.01. The van der Waals surface area contributed by atoms with Crippen LogP contribution in [-0.4, -0.2) is 46.6 Å². The average Bonchev–Trinajstić information content (AvgIpc) is 3.73. The van der Waals surface area contributed by atoms with Crippen LogP contribution in [0.25, 0.3) is 21.9 Å². The third-order valence-corrected chi connectivity index (χ3v) is 8.20. The second-order valence-electron chi connectivity index (χ2n) is 11.1. The average molecular weight is 474 g/mol. The van der Waals surface area contributed by atoms with E-state index in [1.807, 2.05) is 30.5 Å². The number of hydrogen-bond acceptors (Lipinski definition) is 3. The smallest absolute Gasteiger partial charge is 0.258 e. The zero-order chi connectivity index (χ0) is 24.1. The van der Waals surface area contributed by atoms with Gasteiger partial charge in [0.05, 0.1) is 0 Å². The van der Waals surface area contributed by atoms with Crippen LogP contribution < -0.4 is 5.56 Å². The number of nitrogens with zero attached hydrogens (tertiary/aromatic N) is 3. The van der Waals surface area contributed by atoms with Gasteiger partial charge in [-0.15, -0.1) is 0 Å². The Morgan fingerprint density at radius 2 is 1.77 bits per heavy atom. The first kappa shape index (κ1) is 22.9. The number of halogens is 1. The molecular formula is C30H36FN3O. The van der Waals surface area contributed by atoms with Crippen LogP contribution in [0.3, 0.4) is 0 Å². The van der Waals surface area contributed by atoms with Crippen molar-refractivity contribution in [3.63, 3.8) is 0 Å². The van der Waals surface area contributed by atoms with Crippen molar-refractivity contribution in [3.8, 4) is 11.1 Å². The van der Waals surface area contributed by atoms with E-state index in [4.69, 9.17) is 0 Å². The minimum atomic E-state index is -0.176. The van der Waals surface area contributed by atoms with Gasteiger partial charge in [0.15, 0.2) is 0 Å². The van der Waals surface area contributed by atoms with Crippen molar-refractivity contribution >= 4 is 10.8 Å². The van der Waals surface area contributed by atoms with Gasteiger partial charge in [-0.3, -0.25) is 14.6 Å². The Labute approximate surface area is 207 Å². The van der Waals surface area contributed by atoms with Gasteiger partial charge in [-0.1, -0.05) is 12.1 Å². The van der Waals surface area contributed by atoms with Crippen LogP contribution >= 0.6 is 0 Å². The van der Waals surface area contributed by atoms with Gasteiger partial charge in [-0.25, -0.2) is 4.39 Å². The number of benzene rings is 2. The summed E-state index contributed by atoms with van der Waals surface area (Å²) < 4.78 is 16.5. The molecule has 184 valence electrons. The van der Waals surface area contributed by atoms with E-state index in [1.54, 1.807) is 6.07 Å². The van der Waals surface area contributed by atoms with E-state index < -0.39 is 0 Å². The summed E-state index contributed by atoms with van der Waals surface area (Å²) in [6.45, 7) is 9.94. The molecule has 2 aromatic carbocycles. The third-order valence-electron chi connectivity index (χ3n) is 8.20. The normalized spacial score (nSPS) is 19.9. The lowest BCUT2D eigenvalue weighted by molar-refractivity contribution is 0.246. The monoisotopic (exact) mass is 473 g/mol. The lowest BCUT2D eigenvalue weighted by atomic mass is 9.95. The highest BCUT2D eigenvalue weighted by Crippen LogP contribution is 2.33. The Morgan fingerprint density at radius 3 is 2.54 bits per heavy atom. The molecule has 4 nitrogen and oxygen atoms in total. The highest BCUT2D eigenvalue weighted by Gasteiger charge is 2.30. The quantitative estimate of drug-likeness (QED) is 0.473. The molecular weight excluding hydrogens is 437 g/mol. The second-order valence-corrected chi connectivity index (χ2v) is 11.1. The van der Waals surface area contributed by atoms with Crippen molar-refractivity contribution in [2.24, 2.45) is 5.92 Å². The fourth-order valence-electron chi connectivity index (χ4n) is 5.78. The van der Waals surface area contributed by atoms with Gasteiger partial charge < -0.3 is 4.57 Å². The topological polar surface area (TPSA) is 28.5 Å². The van der Waals surface area contributed by atoms with Crippen LogP contribution in [0.4, 0.5) is 4.39 Å². The zero-order valence-corrected chi connectivity index (χ0v) is 21.0. The summed E-state index contributed by atoms with van der Waals surface area (Å²) in [5.41, 5.74) is 4.78. The minimum absolute atomic E-state index is 0.102. The van der Waals surface area contributed by atoms with Gasteiger partial charge in [-0.2, -0.15) is 0 Å². The van der Waals surface area contributed by atoms with Crippen molar-refractivity contribution < 1.29 is 4.39 Å². The highest BCUT2D eigenvalue weighted by molar-refractivity contribution is 5.89. The van der Waals surface area contributed by atoms with Crippen molar-refractivity contribution in [3.05, 3.63) is 69.4 Å². The second kappa shape index (κ2) is 9.18. The Balaban J connectivity index is 1.40. The summed E-state index contributed by atoms with van der Waals surface area (Å²) in [5, 5.41) is 1.80. The molecule has 0 atom stereocenters. The van der Waals surface area contributed by atoms with Gasteiger partial charge in [0, 0.05) is 43.8 Å². The molecule has 2 heterocycles. The molecule has 6 rings (SSSR count). The lowest BCUT2D eigenvalue weighted by Crippen LogP contribution is -2.32. The Hall–Kier alpha value is -2.50. The fraction of sp³-hybridized carbons (Fsp3) is 0.500. The molecule has 35 heavy (non-hydrogen) atoms. The van der Waals surface area contributed by atoms with Crippen LogP contribution in [0.1, 0.15) is 48.8 Å².